The highest BCUT2D eigenvalue weighted by atomic mass is 28.5. The van der Waals surface area contributed by atoms with Crippen LogP contribution >= 0.6 is 0 Å². The Morgan fingerprint density at radius 3 is 0.900 bits per heavy atom. The summed E-state index contributed by atoms with van der Waals surface area (Å²) in [5.74, 6) is 0. The van der Waals surface area contributed by atoms with E-state index in [1.165, 1.54) is 0 Å². The predicted octanol–water partition coefficient (Wildman–Crippen LogP) is -10.6. The first-order valence-corrected chi connectivity index (χ1v) is 18.5. The van der Waals surface area contributed by atoms with Gasteiger partial charge in [0.2, 0.25) is 0 Å². The summed E-state index contributed by atoms with van der Waals surface area (Å²) >= 11 is 0. The summed E-state index contributed by atoms with van der Waals surface area (Å²) in [5.41, 5.74) is 0. The van der Waals surface area contributed by atoms with E-state index >= 15 is 0 Å². The zero-order valence-electron chi connectivity index (χ0n) is 13.4. The van der Waals surface area contributed by atoms with Crippen molar-refractivity contribution in [2.45, 2.75) is 0 Å². The van der Waals surface area contributed by atoms with Crippen LogP contribution in [0, 0.1) is 0 Å². The van der Waals surface area contributed by atoms with Gasteiger partial charge in [-0.2, -0.15) is 0 Å². The van der Waals surface area contributed by atoms with Crippen molar-refractivity contribution >= 4 is 72.8 Å². The van der Waals surface area contributed by atoms with E-state index in [0.717, 1.165) is 0 Å². The molecular weight excluding hydrogens is 577 g/mol. The average Bonchev–Trinajstić information content (AvgIpc) is 2.26. The smallest absolute Gasteiger partial charge is 0.489 e. The van der Waals surface area contributed by atoms with Gasteiger partial charge in [-0.25, -0.2) is 0 Å². The van der Waals surface area contributed by atoms with Gasteiger partial charge in [-0.3, -0.25) is 13.4 Å². The molecule has 0 aromatic carbocycles. The van der Waals surface area contributed by atoms with Crippen molar-refractivity contribution in [2.24, 2.45) is 0 Å². The summed E-state index contributed by atoms with van der Waals surface area (Å²) in [6.45, 7) is 0. The third-order valence-corrected chi connectivity index (χ3v) is 14.1. The number of hydrogen-bond donors (Lipinski definition) is 12. The standard InChI is InChI=1S/H12O22Si8/c1-23(16-26(4,5)6)18-28(10,11)19-25(3)21-30(14,15)22-29(12,13)20-24(2)17-27(7,8)9/h4-15H. The molecule has 0 spiro atoms. The molecule has 0 aliphatic rings. The summed E-state index contributed by atoms with van der Waals surface area (Å²) in [5, 5.41) is 0. The van der Waals surface area contributed by atoms with Gasteiger partial charge in [-0.1, -0.05) is 0 Å². The molecule has 0 aromatic heterocycles. The molecule has 22 nitrogen and oxygen atoms in total. The highest BCUT2D eigenvalue weighted by molar-refractivity contribution is 6.72. The molecule has 0 aliphatic heterocycles. The van der Waals surface area contributed by atoms with Crippen molar-refractivity contribution in [2.75, 3.05) is 0 Å². The molecule has 0 fully saturated rings. The van der Waals surface area contributed by atoms with E-state index in [-0.39, 0.29) is 0 Å². The maximum atomic E-state index is 11.4. The minimum Gasteiger partial charge on any atom is -0.489 e. The predicted molar refractivity (Wildman–Crippen MR) is 82.3 cm³/mol. The van der Waals surface area contributed by atoms with Crippen molar-refractivity contribution < 1.29 is 99.7 Å². The number of rotatable bonds is 14. The fraction of sp³-hybridized carbons (Fsp3) is 0. The zero-order chi connectivity index (χ0) is 24.2. The Bertz CT molecular complexity index is 618. The van der Waals surface area contributed by atoms with Crippen LogP contribution in [0.5, 0.6) is 0 Å². The van der Waals surface area contributed by atoms with Gasteiger partial charge < -0.3 is 86.4 Å². The van der Waals surface area contributed by atoms with Crippen LogP contribution in [0.2, 0.25) is 0 Å². The molecule has 0 bridgehead atoms. The van der Waals surface area contributed by atoms with E-state index in [4.69, 9.17) is 28.8 Å². The Labute approximate surface area is 172 Å². The minimum atomic E-state index is -5.98. The van der Waals surface area contributed by atoms with Crippen LogP contribution in [-0.4, -0.2) is 130 Å². The normalized spacial score (nSPS) is 13.2. The topological polar surface area (TPSA) is 359 Å². The quantitative estimate of drug-likeness (QED) is 0.0837. The van der Waals surface area contributed by atoms with Crippen LogP contribution in [0.25, 0.3) is 0 Å². The molecule has 0 aliphatic carbocycles. The maximum absolute atomic E-state index is 11.4. The molecule has 0 amide bonds. The highest BCUT2D eigenvalue weighted by Gasteiger charge is 2.59. The van der Waals surface area contributed by atoms with E-state index in [0.29, 0.717) is 0 Å². The lowest BCUT2D eigenvalue weighted by Crippen LogP contribution is -2.60. The van der Waals surface area contributed by atoms with Gasteiger partial charge in [-0.05, 0) is 0 Å². The summed E-state index contributed by atoms with van der Waals surface area (Å²) in [6, 6.07) is 0. The molecule has 0 saturated heterocycles. The van der Waals surface area contributed by atoms with Crippen molar-refractivity contribution in [1.82, 2.24) is 0 Å². The summed E-state index contributed by atoms with van der Waals surface area (Å²) in [7, 11) is -41.7. The zero-order valence-corrected chi connectivity index (χ0v) is 21.4. The van der Waals surface area contributed by atoms with Crippen molar-refractivity contribution in [3.05, 3.63) is 0 Å². The first-order valence-electron chi connectivity index (χ1n) is 6.15. The fourth-order valence-electron chi connectivity index (χ4n) is 0.956. The maximum Gasteiger partial charge on any atom is 0.794 e. The van der Waals surface area contributed by atoms with Crippen LogP contribution in [0.4, 0.5) is 0 Å². The second-order valence-electron chi connectivity index (χ2n) is 4.26. The van der Waals surface area contributed by atoms with E-state index in [1.807, 2.05) is 0 Å². The molecule has 0 rings (SSSR count). The lowest BCUT2D eigenvalue weighted by Gasteiger charge is -2.24. The lowest BCUT2D eigenvalue weighted by atomic mass is 15.6. The van der Waals surface area contributed by atoms with Gasteiger partial charge in [0, 0.05) is 0 Å². The second-order valence-corrected chi connectivity index (χ2v) is 17.1. The van der Waals surface area contributed by atoms with E-state index < -0.39 is 72.8 Å². The van der Waals surface area contributed by atoms with Crippen LogP contribution in [-0.2, 0) is 42.2 Å². The SMILES string of the molecule is O=[Si](O[Si](O)(O)O)O[Si](O)(O)O[Si](=O)O[Si](O)(O)O[Si](O)(O)O[Si](=O)O[Si](O)(O)O. The Morgan fingerprint density at radius 2 is 0.633 bits per heavy atom. The Morgan fingerprint density at radius 1 is 0.400 bits per heavy atom. The molecule has 0 radical (unpaired) electrons. The fourth-order valence-corrected chi connectivity index (χ4v) is 10.9. The molecule has 176 valence electrons. The summed E-state index contributed by atoms with van der Waals surface area (Å²) < 4.78 is 59.3. The van der Waals surface area contributed by atoms with Crippen molar-refractivity contribution in [3.63, 3.8) is 0 Å². The van der Waals surface area contributed by atoms with Crippen LogP contribution in [0.3, 0.4) is 0 Å². The average molecular weight is 589 g/mol. The molecule has 0 heterocycles. The van der Waals surface area contributed by atoms with Crippen LogP contribution in [0.15, 0.2) is 0 Å². The second kappa shape index (κ2) is 10.4. The molecule has 0 saturated carbocycles. The van der Waals surface area contributed by atoms with E-state index in [1.54, 1.807) is 0 Å². The minimum absolute atomic E-state index is 3.54. The molecule has 0 atom stereocenters. The number of hydrogen-bond acceptors (Lipinski definition) is 22. The van der Waals surface area contributed by atoms with Crippen LogP contribution in [0.1, 0.15) is 0 Å². The first kappa shape index (κ1) is 29.4. The van der Waals surface area contributed by atoms with Crippen molar-refractivity contribution in [1.29, 1.82) is 0 Å². The molecular formula is H12O22Si8. The lowest BCUT2D eigenvalue weighted by molar-refractivity contribution is 0.0316. The molecule has 0 unspecified atom stereocenters. The molecule has 30 heteroatoms. The Balaban J connectivity index is 4.84. The van der Waals surface area contributed by atoms with Gasteiger partial charge in [-0.15, -0.1) is 0 Å². The highest BCUT2D eigenvalue weighted by Crippen LogP contribution is 2.10. The monoisotopic (exact) mass is 588 g/mol. The van der Waals surface area contributed by atoms with Gasteiger partial charge in [0.25, 0.3) is 0 Å². The summed E-state index contributed by atoms with van der Waals surface area (Å²) in [6.07, 6.45) is 0. The van der Waals surface area contributed by atoms with Gasteiger partial charge >= 0.3 is 72.8 Å². The third kappa shape index (κ3) is 15.3. The van der Waals surface area contributed by atoms with E-state index in [9.17, 15) is 42.2 Å². The Kier molecular flexibility index (Phi) is 10.2. The Hall–Kier alpha value is -0.585. The van der Waals surface area contributed by atoms with E-state index in [2.05, 4.69) is 28.8 Å². The van der Waals surface area contributed by atoms with Gasteiger partial charge in [0.05, 0.1) is 0 Å². The molecule has 0 aromatic rings. The van der Waals surface area contributed by atoms with Gasteiger partial charge in [0.15, 0.2) is 0 Å². The van der Waals surface area contributed by atoms with Gasteiger partial charge in [0.1, 0.15) is 0 Å². The summed E-state index contributed by atoms with van der Waals surface area (Å²) in [4.78, 5) is 106. The first-order chi connectivity index (χ1) is 13.0. The molecule has 30 heavy (non-hydrogen) atoms. The van der Waals surface area contributed by atoms with Crippen molar-refractivity contribution in [3.8, 4) is 0 Å². The third-order valence-electron chi connectivity index (χ3n) is 1.57. The van der Waals surface area contributed by atoms with Crippen LogP contribution < -0.4 is 0 Å². The molecule has 12 N–H and O–H groups in total. The largest absolute Gasteiger partial charge is 0.794 e.